The Morgan fingerprint density at radius 1 is 0.778 bits per heavy atom. The summed E-state index contributed by atoms with van der Waals surface area (Å²) in [4.78, 5) is 0. The van der Waals surface area contributed by atoms with Gasteiger partial charge >= 0.3 is 0 Å². The van der Waals surface area contributed by atoms with Gasteiger partial charge in [0.05, 0.1) is 0 Å². The Morgan fingerprint density at radius 3 is 1.72 bits per heavy atom. The third-order valence-electron chi connectivity index (χ3n) is 2.91. The van der Waals surface area contributed by atoms with E-state index in [2.05, 4.69) is 72.2 Å². The monoisotopic (exact) mass is 237 g/mol. The van der Waals surface area contributed by atoms with Crippen LogP contribution in [0.2, 0.25) is 0 Å². The van der Waals surface area contributed by atoms with Gasteiger partial charge < -0.3 is 4.57 Å². The average Bonchev–Trinajstić information content (AvgIpc) is 2.75. The normalized spacial score (nSPS) is 11.7. The molecule has 0 saturated carbocycles. The molecule has 0 atom stereocenters. The Labute approximate surface area is 109 Å². The quantitative estimate of drug-likeness (QED) is 0.719. The maximum atomic E-state index is 2.26. The van der Waals surface area contributed by atoms with Crippen LogP contribution in [0.25, 0.3) is 17.8 Å². The molecule has 2 rings (SSSR count). The van der Waals surface area contributed by atoms with E-state index in [0.29, 0.717) is 0 Å². The van der Waals surface area contributed by atoms with Gasteiger partial charge in [0, 0.05) is 17.1 Å². The van der Waals surface area contributed by atoms with Gasteiger partial charge in [-0.1, -0.05) is 29.8 Å². The molecule has 1 heterocycles. The zero-order valence-electron chi connectivity index (χ0n) is 11.2. The van der Waals surface area contributed by atoms with E-state index in [1.54, 1.807) is 0 Å². The van der Waals surface area contributed by atoms with Crippen molar-refractivity contribution in [1.29, 1.82) is 0 Å². The van der Waals surface area contributed by atoms with Crippen molar-refractivity contribution < 1.29 is 0 Å². The summed E-state index contributed by atoms with van der Waals surface area (Å²) in [6.45, 7) is 6.20. The summed E-state index contributed by atoms with van der Waals surface area (Å²) >= 11 is 0. The number of allylic oxidation sites excluding steroid dienone is 2. The molecule has 92 valence electrons. The van der Waals surface area contributed by atoms with Crippen LogP contribution in [-0.4, -0.2) is 4.57 Å². The number of aryl methyl sites for hydroxylation is 1. The van der Waals surface area contributed by atoms with E-state index in [1.165, 1.54) is 22.6 Å². The Hall–Kier alpha value is -2.02. The fourth-order valence-corrected chi connectivity index (χ4v) is 2.06. The van der Waals surface area contributed by atoms with E-state index in [-0.39, 0.29) is 0 Å². The van der Waals surface area contributed by atoms with E-state index < -0.39 is 0 Å². The van der Waals surface area contributed by atoms with E-state index >= 15 is 0 Å². The minimum Gasteiger partial charge on any atom is -0.311 e. The Morgan fingerprint density at radius 2 is 1.28 bits per heavy atom. The highest BCUT2D eigenvalue weighted by Gasteiger charge is 2.05. The third-order valence-corrected chi connectivity index (χ3v) is 2.91. The van der Waals surface area contributed by atoms with Crippen LogP contribution in [0.1, 0.15) is 30.8 Å². The summed E-state index contributed by atoms with van der Waals surface area (Å²) in [6, 6.07) is 12.9. The molecule has 0 bridgehead atoms. The molecule has 18 heavy (non-hydrogen) atoms. The fraction of sp³-hybridized carbons (Fsp3) is 0.176. The highest BCUT2D eigenvalue weighted by molar-refractivity contribution is 5.59. The molecule has 2 aromatic rings. The first kappa shape index (κ1) is 12.4. The van der Waals surface area contributed by atoms with Gasteiger partial charge in [-0.25, -0.2) is 0 Å². The summed E-state index contributed by atoms with van der Waals surface area (Å²) in [5, 5.41) is 0. The standard InChI is InChI=1S/C17H19N/c1-4-6-15-12-13-16(7-5-2)18(15)17-10-8-14(3)9-11-17/h4-13H,1-3H3. The van der Waals surface area contributed by atoms with Crippen molar-refractivity contribution in [2.45, 2.75) is 20.8 Å². The molecule has 1 heteroatoms. The van der Waals surface area contributed by atoms with Crippen molar-refractivity contribution in [3.63, 3.8) is 0 Å². The van der Waals surface area contributed by atoms with Crippen molar-refractivity contribution >= 4 is 12.2 Å². The third kappa shape index (κ3) is 2.45. The molecule has 0 saturated heterocycles. The zero-order chi connectivity index (χ0) is 13.0. The van der Waals surface area contributed by atoms with Crippen molar-refractivity contribution in [1.82, 2.24) is 4.57 Å². The molecule has 0 amide bonds. The summed E-state index contributed by atoms with van der Waals surface area (Å²) in [5.41, 5.74) is 4.89. The van der Waals surface area contributed by atoms with Crippen LogP contribution in [-0.2, 0) is 0 Å². The van der Waals surface area contributed by atoms with Gasteiger partial charge in [0.2, 0.25) is 0 Å². The molecule has 0 unspecified atom stereocenters. The SMILES string of the molecule is CC=Cc1ccc(C=CC)n1-c1ccc(C)cc1. The molecule has 0 aliphatic carbocycles. The van der Waals surface area contributed by atoms with Crippen LogP contribution in [0.4, 0.5) is 0 Å². The molecular weight excluding hydrogens is 218 g/mol. The lowest BCUT2D eigenvalue weighted by Crippen LogP contribution is -1.98. The molecule has 1 aromatic heterocycles. The molecular formula is C17H19N. The summed E-state index contributed by atoms with van der Waals surface area (Å²) in [7, 11) is 0. The van der Waals surface area contributed by atoms with Gasteiger partial charge in [-0.15, -0.1) is 0 Å². The predicted octanol–water partition coefficient (Wildman–Crippen LogP) is 4.85. The second kappa shape index (κ2) is 5.54. The maximum Gasteiger partial charge on any atom is 0.0461 e. The number of hydrogen-bond donors (Lipinski definition) is 0. The molecule has 0 aliphatic rings. The number of nitrogens with zero attached hydrogens (tertiary/aromatic N) is 1. The van der Waals surface area contributed by atoms with Crippen LogP contribution in [0.5, 0.6) is 0 Å². The van der Waals surface area contributed by atoms with Gasteiger partial charge in [-0.05, 0) is 57.2 Å². The Kier molecular flexibility index (Phi) is 3.83. The second-order valence-corrected chi connectivity index (χ2v) is 4.35. The molecule has 0 spiro atoms. The smallest absolute Gasteiger partial charge is 0.0461 e. The van der Waals surface area contributed by atoms with E-state index in [4.69, 9.17) is 0 Å². The largest absolute Gasteiger partial charge is 0.311 e. The number of rotatable bonds is 3. The number of aromatic nitrogens is 1. The van der Waals surface area contributed by atoms with Crippen molar-refractivity contribution in [2.24, 2.45) is 0 Å². The second-order valence-electron chi connectivity index (χ2n) is 4.35. The molecule has 1 nitrogen and oxygen atoms in total. The maximum absolute atomic E-state index is 2.26. The zero-order valence-corrected chi connectivity index (χ0v) is 11.2. The first-order chi connectivity index (χ1) is 8.76. The lowest BCUT2D eigenvalue weighted by Gasteiger charge is -2.10. The van der Waals surface area contributed by atoms with Crippen LogP contribution >= 0.6 is 0 Å². The van der Waals surface area contributed by atoms with Crippen LogP contribution < -0.4 is 0 Å². The predicted molar refractivity (Wildman–Crippen MR) is 79.9 cm³/mol. The first-order valence-corrected chi connectivity index (χ1v) is 6.30. The lowest BCUT2D eigenvalue weighted by atomic mass is 10.2. The van der Waals surface area contributed by atoms with Crippen molar-refractivity contribution in [3.05, 3.63) is 65.5 Å². The number of hydrogen-bond acceptors (Lipinski definition) is 0. The van der Waals surface area contributed by atoms with Gasteiger partial charge in [0.1, 0.15) is 0 Å². The van der Waals surface area contributed by atoms with Gasteiger partial charge in [0.25, 0.3) is 0 Å². The molecule has 0 radical (unpaired) electrons. The molecule has 0 N–H and O–H groups in total. The fourth-order valence-electron chi connectivity index (χ4n) is 2.06. The highest BCUT2D eigenvalue weighted by atomic mass is 15.0. The minimum atomic E-state index is 1.20. The van der Waals surface area contributed by atoms with Gasteiger partial charge in [0.15, 0.2) is 0 Å². The van der Waals surface area contributed by atoms with Crippen molar-refractivity contribution in [3.8, 4) is 5.69 Å². The van der Waals surface area contributed by atoms with Crippen LogP contribution in [0, 0.1) is 6.92 Å². The first-order valence-electron chi connectivity index (χ1n) is 6.30. The summed E-state index contributed by atoms with van der Waals surface area (Å²) in [6.07, 6.45) is 8.40. The highest BCUT2D eigenvalue weighted by Crippen LogP contribution is 2.20. The van der Waals surface area contributed by atoms with Crippen LogP contribution in [0.15, 0.2) is 48.6 Å². The van der Waals surface area contributed by atoms with E-state index in [9.17, 15) is 0 Å². The molecule has 0 fully saturated rings. The summed E-state index contributed by atoms with van der Waals surface area (Å²) < 4.78 is 2.26. The van der Waals surface area contributed by atoms with Gasteiger partial charge in [-0.2, -0.15) is 0 Å². The van der Waals surface area contributed by atoms with E-state index in [1.807, 2.05) is 13.8 Å². The van der Waals surface area contributed by atoms with Gasteiger partial charge in [-0.3, -0.25) is 0 Å². The molecule has 0 aliphatic heterocycles. The average molecular weight is 237 g/mol. The minimum absolute atomic E-state index is 1.20. The summed E-state index contributed by atoms with van der Waals surface area (Å²) in [5.74, 6) is 0. The van der Waals surface area contributed by atoms with E-state index in [0.717, 1.165) is 0 Å². The topological polar surface area (TPSA) is 4.93 Å². The molecule has 1 aromatic carbocycles. The Bertz CT molecular complexity index is 539. The Balaban J connectivity index is 2.58. The number of benzene rings is 1. The lowest BCUT2D eigenvalue weighted by molar-refractivity contribution is 1.04. The van der Waals surface area contributed by atoms with Crippen molar-refractivity contribution in [2.75, 3.05) is 0 Å². The van der Waals surface area contributed by atoms with Crippen LogP contribution in [0.3, 0.4) is 0 Å².